The van der Waals surface area contributed by atoms with Crippen molar-refractivity contribution in [2.75, 3.05) is 0 Å². The minimum Gasteiger partial charge on any atom is -0.462 e. The van der Waals surface area contributed by atoms with Crippen LogP contribution in [0.5, 0.6) is 0 Å². The molecule has 0 N–H and O–H groups in total. The Kier molecular flexibility index (Phi) is 7.11. The molecular weight excluding hydrogens is 424 g/mol. The number of hydrogen-bond donors (Lipinski definition) is 0. The molecule has 0 amide bonds. The van der Waals surface area contributed by atoms with Gasteiger partial charge < -0.3 is 14.2 Å². The molecule has 7 heteroatoms. The maximum absolute atomic E-state index is 13.4. The van der Waals surface area contributed by atoms with Crippen LogP contribution < -0.4 is 0 Å². The maximum atomic E-state index is 13.4. The molecule has 2 bridgehead atoms. The van der Waals surface area contributed by atoms with Crippen LogP contribution in [0.4, 0.5) is 0 Å². The Hall–Kier alpha value is -2.18. The topological polar surface area (TPSA) is 96.0 Å². The van der Waals surface area contributed by atoms with Crippen LogP contribution in [0.2, 0.25) is 0 Å². The molecule has 184 valence electrons. The van der Waals surface area contributed by atoms with Gasteiger partial charge in [0, 0.05) is 32.1 Å². The van der Waals surface area contributed by atoms with Gasteiger partial charge in [0.05, 0.1) is 5.92 Å². The quantitative estimate of drug-likeness (QED) is 0.353. The first-order valence-corrected chi connectivity index (χ1v) is 12.0. The molecule has 33 heavy (non-hydrogen) atoms. The van der Waals surface area contributed by atoms with Crippen LogP contribution in [0.15, 0.2) is 12.2 Å². The van der Waals surface area contributed by atoms with Gasteiger partial charge in [0.15, 0.2) is 5.78 Å². The van der Waals surface area contributed by atoms with Gasteiger partial charge >= 0.3 is 17.9 Å². The van der Waals surface area contributed by atoms with E-state index < -0.39 is 30.1 Å². The number of fused-ring (bicyclic) bond motifs is 3. The molecule has 3 saturated carbocycles. The number of hydrogen-bond acceptors (Lipinski definition) is 7. The van der Waals surface area contributed by atoms with Crippen LogP contribution in [0.1, 0.15) is 80.1 Å². The van der Waals surface area contributed by atoms with Crippen molar-refractivity contribution < 1.29 is 33.4 Å². The van der Waals surface area contributed by atoms with E-state index in [9.17, 15) is 19.2 Å². The second-order valence-corrected chi connectivity index (χ2v) is 11.1. The van der Waals surface area contributed by atoms with Crippen molar-refractivity contribution in [3.8, 4) is 0 Å². The van der Waals surface area contributed by atoms with E-state index in [2.05, 4.69) is 27.4 Å². The fourth-order valence-electron chi connectivity index (χ4n) is 6.92. The molecule has 0 radical (unpaired) electrons. The molecule has 0 heterocycles. The van der Waals surface area contributed by atoms with Crippen LogP contribution in [-0.2, 0) is 33.4 Å². The molecule has 7 nitrogen and oxygen atoms in total. The monoisotopic (exact) mass is 462 g/mol. The molecule has 0 aromatic carbocycles. The van der Waals surface area contributed by atoms with Gasteiger partial charge in [0.25, 0.3) is 0 Å². The highest BCUT2D eigenvalue weighted by Crippen LogP contribution is 2.58. The largest absolute Gasteiger partial charge is 0.462 e. The van der Waals surface area contributed by atoms with E-state index in [1.165, 1.54) is 20.8 Å². The summed E-state index contributed by atoms with van der Waals surface area (Å²) in [5, 5.41) is 0. The van der Waals surface area contributed by atoms with E-state index in [0.29, 0.717) is 18.4 Å². The molecule has 0 saturated heterocycles. The minimum atomic E-state index is -0.775. The first-order chi connectivity index (χ1) is 15.3. The van der Waals surface area contributed by atoms with Gasteiger partial charge in [-0.3, -0.25) is 19.2 Å². The van der Waals surface area contributed by atoms with E-state index >= 15 is 0 Å². The van der Waals surface area contributed by atoms with E-state index in [0.717, 1.165) is 25.7 Å². The number of esters is 3. The van der Waals surface area contributed by atoms with Crippen molar-refractivity contribution in [3.63, 3.8) is 0 Å². The van der Waals surface area contributed by atoms with Gasteiger partial charge in [-0.2, -0.15) is 0 Å². The molecule has 0 spiro atoms. The summed E-state index contributed by atoms with van der Waals surface area (Å²) in [5.74, 6) is -2.50. The highest BCUT2D eigenvalue weighted by molar-refractivity contribution is 6.01. The lowest BCUT2D eigenvalue weighted by Crippen LogP contribution is -2.54. The Balaban J connectivity index is 2.10. The van der Waals surface area contributed by atoms with Gasteiger partial charge in [-0.1, -0.05) is 33.8 Å². The summed E-state index contributed by atoms with van der Waals surface area (Å²) in [6.45, 7) is 14.7. The molecule has 3 fully saturated rings. The second kappa shape index (κ2) is 9.22. The molecule has 0 aliphatic heterocycles. The van der Waals surface area contributed by atoms with Gasteiger partial charge in [-0.15, -0.1) is 0 Å². The third-order valence-corrected chi connectivity index (χ3v) is 8.37. The molecule has 3 aliphatic rings. The Morgan fingerprint density at radius 1 is 0.909 bits per heavy atom. The summed E-state index contributed by atoms with van der Waals surface area (Å²) in [7, 11) is 0. The van der Waals surface area contributed by atoms with Gasteiger partial charge in [-0.05, 0) is 49.0 Å². The van der Waals surface area contributed by atoms with E-state index in [1.807, 2.05) is 0 Å². The summed E-state index contributed by atoms with van der Waals surface area (Å²) in [6, 6.07) is 0. The van der Waals surface area contributed by atoms with Crippen LogP contribution in [0.3, 0.4) is 0 Å². The smallest absolute Gasteiger partial charge is 0.302 e. The number of ether oxygens (including phenoxy) is 3. The molecular formula is C26H38O7. The zero-order chi connectivity index (χ0) is 24.7. The van der Waals surface area contributed by atoms with Crippen LogP contribution >= 0.6 is 0 Å². The summed E-state index contributed by atoms with van der Waals surface area (Å²) >= 11 is 0. The summed E-state index contributed by atoms with van der Waals surface area (Å²) in [5.41, 5.74) is -0.0312. The zero-order valence-electron chi connectivity index (χ0n) is 20.8. The number of carbonyl (C=O) groups is 4. The normalized spacial score (nSPS) is 38.1. The molecule has 3 rings (SSSR count). The number of Topliss-reactive ketones (excluding diaryl/α,β-unsaturated/α-hetero) is 1. The Bertz CT molecular complexity index is 844. The lowest BCUT2D eigenvalue weighted by molar-refractivity contribution is -0.180. The highest BCUT2D eigenvalue weighted by Gasteiger charge is 2.58. The zero-order valence-corrected chi connectivity index (χ0v) is 20.8. The molecule has 0 aromatic rings. The predicted molar refractivity (Wildman–Crippen MR) is 121 cm³/mol. The lowest BCUT2D eigenvalue weighted by Gasteiger charge is -2.55. The number of rotatable bonds is 3. The van der Waals surface area contributed by atoms with E-state index in [-0.39, 0.29) is 40.5 Å². The molecule has 0 aromatic heterocycles. The van der Waals surface area contributed by atoms with Crippen LogP contribution in [-0.4, -0.2) is 42.0 Å². The molecule has 0 unspecified atom stereocenters. The van der Waals surface area contributed by atoms with Gasteiger partial charge in [-0.25, -0.2) is 0 Å². The summed E-state index contributed by atoms with van der Waals surface area (Å²) in [6.07, 6.45) is 2.54. The first kappa shape index (κ1) is 25.4. The van der Waals surface area contributed by atoms with Crippen molar-refractivity contribution >= 4 is 23.7 Å². The van der Waals surface area contributed by atoms with E-state index in [4.69, 9.17) is 14.2 Å². The molecule has 7 atom stereocenters. The Morgan fingerprint density at radius 2 is 1.52 bits per heavy atom. The van der Waals surface area contributed by atoms with Gasteiger partial charge in [0.2, 0.25) is 0 Å². The SMILES string of the molecule is C=C1C(=O)[C@H]2[C@H](OC(C)=O)[C@H]1CCC[C@@]1(C)[C@H](C[C@H]2OC(C)=O)C(C)(C)CC[C@H]1OC(C)=O. The first-order valence-electron chi connectivity index (χ1n) is 12.0. The van der Waals surface area contributed by atoms with E-state index in [1.54, 1.807) is 0 Å². The predicted octanol–water partition coefficient (Wildman–Crippen LogP) is 4.17. The lowest BCUT2D eigenvalue weighted by atomic mass is 9.52. The standard InChI is InChI=1S/C26H38O7/c1-14-18-9-8-11-26(7)20(25(5,6)12-10-21(26)32-16(3)28)13-19(31-15(2)27)22(23(14)30)24(18)33-17(4)29/h18-22,24H,1,8-13H2,2-7H3/t18-,19+,20+,21+,22-,24+,26-/m0/s1. The third kappa shape index (κ3) is 4.87. The van der Waals surface area contributed by atoms with Crippen molar-refractivity contribution in [3.05, 3.63) is 12.2 Å². The summed E-state index contributed by atoms with van der Waals surface area (Å²) in [4.78, 5) is 49.4. The summed E-state index contributed by atoms with van der Waals surface area (Å²) < 4.78 is 17.3. The van der Waals surface area contributed by atoms with Crippen LogP contribution in [0.25, 0.3) is 0 Å². The Labute approximate surface area is 196 Å². The second-order valence-electron chi connectivity index (χ2n) is 11.1. The van der Waals surface area contributed by atoms with Crippen molar-refractivity contribution in [1.29, 1.82) is 0 Å². The van der Waals surface area contributed by atoms with Crippen LogP contribution in [0, 0.1) is 28.6 Å². The minimum absolute atomic E-state index is 0.0173. The average molecular weight is 463 g/mol. The fraction of sp³-hybridized carbons (Fsp3) is 0.769. The number of carbonyl (C=O) groups excluding carboxylic acids is 4. The van der Waals surface area contributed by atoms with Crippen molar-refractivity contribution in [2.45, 2.75) is 98.4 Å². The third-order valence-electron chi connectivity index (χ3n) is 8.37. The van der Waals surface area contributed by atoms with Crippen molar-refractivity contribution in [2.24, 2.45) is 28.6 Å². The Morgan fingerprint density at radius 3 is 2.09 bits per heavy atom. The fourth-order valence-corrected chi connectivity index (χ4v) is 6.92. The van der Waals surface area contributed by atoms with Gasteiger partial charge in [0.1, 0.15) is 18.3 Å². The maximum Gasteiger partial charge on any atom is 0.302 e. The van der Waals surface area contributed by atoms with Crippen molar-refractivity contribution in [1.82, 2.24) is 0 Å². The highest BCUT2D eigenvalue weighted by atomic mass is 16.6. The number of ketones is 1. The molecule has 3 aliphatic carbocycles. The average Bonchev–Trinajstić information content (AvgIpc) is 2.89.